The first-order chi connectivity index (χ1) is 10.5. The van der Waals surface area contributed by atoms with Crippen LogP contribution in [0, 0.1) is 0 Å². The summed E-state index contributed by atoms with van der Waals surface area (Å²) in [6.07, 6.45) is 0. The Bertz CT molecular complexity index is 647. The molecule has 22 heavy (non-hydrogen) atoms. The minimum absolute atomic E-state index is 0.766. The lowest BCUT2D eigenvalue weighted by molar-refractivity contribution is -0.241. The molecule has 1 aliphatic rings. The van der Waals surface area contributed by atoms with Crippen LogP contribution < -0.4 is 0 Å². The first kappa shape index (κ1) is 14.3. The highest BCUT2D eigenvalue weighted by Crippen LogP contribution is 2.48. The Labute approximate surface area is 128 Å². The predicted molar refractivity (Wildman–Crippen MR) is 79.8 cm³/mol. The molecular formula is C18H16O4. The maximum absolute atomic E-state index is 11.8. The minimum atomic E-state index is -1.11. The Morgan fingerprint density at radius 2 is 0.955 bits per heavy atom. The van der Waals surface area contributed by atoms with Crippen LogP contribution in [0.15, 0.2) is 60.7 Å². The van der Waals surface area contributed by atoms with Crippen molar-refractivity contribution in [1.29, 1.82) is 0 Å². The van der Waals surface area contributed by atoms with Gasteiger partial charge in [-0.05, 0) is 25.0 Å². The maximum Gasteiger partial charge on any atom is 0.418 e. The van der Waals surface area contributed by atoms with E-state index in [0.717, 1.165) is 11.1 Å². The molecule has 0 N–H and O–H groups in total. The molecular weight excluding hydrogens is 280 g/mol. The molecule has 2 aromatic rings. The lowest BCUT2D eigenvalue weighted by Crippen LogP contribution is -2.56. The van der Waals surface area contributed by atoms with E-state index in [2.05, 4.69) is 0 Å². The normalized spacial score (nSPS) is 27.9. The van der Waals surface area contributed by atoms with Crippen molar-refractivity contribution in [3.05, 3.63) is 71.8 Å². The summed E-state index contributed by atoms with van der Waals surface area (Å²) in [6, 6.07) is 18.6. The largest absolute Gasteiger partial charge is 0.441 e. The standard InChI is InChI=1S/C18H16O4/c1-17(13-9-5-3-6-10-13)18(2,14-11-7-4-8-12-14)22-16(20)15(19)21-17/h3-12H,1-2H3/t17-,18-/m0/s1. The molecule has 0 radical (unpaired) electrons. The molecule has 1 aliphatic heterocycles. The molecule has 1 fully saturated rings. The molecule has 0 amide bonds. The van der Waals surface area contributed by atoms with Crippen molar-refractivity contribution in [2.75, 3.05) is 0 Å². The Kier molecular flexibility index (Phi) is 3.24. The number of cyclic esters (lactones) is 2. The van der Waals surface area contributed by atoms with Crippen LogP contribution in [0.2, 0.25) is 0 Å². The van der Waals surface area contributed by atoms with Gasteiger partial charge in [-0.1, -0.05) is 60.7 Å². The highest BCUT2D eigenvalue weighted by Gasteiger charge is 2.58. The smallest absolute Gasteiger partial charge is 0.418 e. The fourth-order valence-corrected chi connectivity index (χ4v) is 2.83. The van der Waals surface area contributed by atoms with Crippen molar-refractivity contribution in [1.82, 2.24) is 0 Å². The molecule has 0 unspecified atom stereocenters. The molecule has 0 bridgehead atoms. The summed E-state index contributed by atoms with van der Waals surface area (Å²) in [5, 5.41) is 0. The third-order valence-corrected chi connectivity index (χ3v) is 4.32. The first-order valence-corrected chi connectivity index (χ1v) is 7.05. The zero-order valence-electron chi connectivity index (χ0n) is 12.4. The van der Waals surface area contributed by atoms with Crippen LogP contribution in [0.4, 0.5) is 0 Å². The van der Waals surface area contributed by atoms with Crippen molar-refractivity contribution in [3.8, 4) is 0 Å². The third kappa shape index (κ3) is 1.99. The fourth-order valence-electron chi connectivity index (χ4n) is 2.83. The zero-order valence-corrected chi connectivity index (χ0v) is 12.4. The number of benzene rings is 2. The second-order valence-corrected chi connectivity index (χ2v) is 5.58. The van der Waals surface area contributed by atoms with Gasteiger partial charge >= 0.3 is 11.9 Å². The molecule has 2 atom stereocenters. The van der Waals surface area contributed by atoms with Crippen molar-refractivity contribution < 1.29 is 19.1 Å². The van der Waals surface area contributed by atoms with Gasteiger partial charge in [0.15, 0.2) is 11.2 Å². The summed E-state index contributed by atoms with van der Waals surface area (Å²) in [7, 11) is 0. The third-order valence-electron chi connectivity index (χ3n) is 4.32. The fraction of sp³-hybridized carbons (Fsp3) is 0.222. The molecule has 0 aromatic heterocycles. The van der Waals surface area contributed by atoms with Gasteiger partial charge in [0.2, 0.25) is 0 Å². The number of ether oxygens (including phenoxy) is 2. The Balaban J connectivity index is 2.20. The lowest BCUT2D eigenvalue weighted by Gasteiger charge is -2.47. The van der Waals surface area contributed by atoms with Crippen LogP contribution in [0.1, 0.15) is 25.0 Å². The molecule has 1 heterocycles. The SMILES string of the molecule is C[C@@]1(c2ccccc2)OC(=O)C(=O)O[C@@]1(C)c1ccccc1. The second kappa shape index (κ2) is 4.98. The quantitative estimate of drug-likeness (QED) is 0.631. The summed E-state index contributed by atoms with van der Waals surface area (Å²) in [4.78, 5) is 23.6. The monoisotopic (exact) mass is 296 g/mol. The zero-order chi connectivity index (χ0) is 15.8. The van der Waals surface area contributed by atoms with E-state index in [1.165, 1.54) is 0 Å². The van der Waals surface area contributed by atoms with Crippen LogP contribution in [0.25, 0.3) is 0 Å². The van der Waals surface area contributed by atoms with Gasteiger partial charge in [-0.3, -0.25) is 0 Å². The Morgan fingerprint density at radius 1 is 0.636 bits per heavy atom. The van der Waals surface area contributed by atoms with Gasteiger partial charge < -0.3 is 9.47 Å². The van der Waals surface area contributed by atoms with Gasteiger partial charge in [-0.2, -0.15) is 0 Å². The second-order valence-electron chi connectivity index (χ2n) is 5.58. The minimum Gasteiger partial charge on any atom is -0.441 e. The highest BCUT2D eigenvalue weighted by molar-refractivity contribution is 6.30. The molecule has 4 nitrogen and oxygen atoms in total. The van der Waals surface area contributed by atoms with Gasteiger partial charge in [-0.15, -0.1) is 0 Å². The van der Waals surface area contributed by atoms with Crippen LogP contribution in [-0.2, 0) is 30.3 Å². The number of hydrogen-bond acceptors (Lipinski definition) is 4. The molecule has 4 heteroatoms. The van der Waals surface area contributed by atoms with Crippen molar-refractivity contribution in [3.63, 3.8) is 0 Å². The number of carbonyl (C=O) groups excluding carboxylic acids is 2. The van der Waals surface area contributed by atoms with Gasteiger partial charge in [-0.25, -0.2) is 9.59 Å². The number of esters is 2. The Hall–Kier alpha value is -2.62. The number of carbonyl (C=O) groups is 2. The molecule has 3 rings (SSSR count). The van der Waals surface area contributed by atoms with Gasteiger partial charge in [0.25, 0.3) is 0 Å². The van der Waals surface area contributed by atoms with Gasteiger partial charge in [0.1, 0.15) is 0 Å². The van der Waals surface area contributed by atoms with Gasteiger partial charge in [0, 0.05) is 0 Å². The molecule has 0 spiro atoms. The first-order valence-electron chi connectivity index (χ1n) is 7.05. The average molecular weight is 296 g/mol. The van der Waals surface area contributed by atoms with Crippen LogP contribution >= 0.6 is 0 Å². The number of hydrogen-bond donors (Lipinski definition) is 0. The van der Waals surface area contributed by atoms with E-state index in [9.17, 15) is 9.59 Å². The summed E-state index contributed by atoms with van der Waals surface area (Å²) in [5.74, 6) is -1.94. The molecule has 0 aliphatic carbocycles. The van der Waals surface area contributed by atoms with Crippen LogP contribution in [0.3, 0.4) is 0 Å². The Morgan fingerprint density at radius 3 is 1.27 bits per heavy atom. The van der Waals surface area contributed by atoms with E-state index in [1.54, 1.807) is 13.8 Å². The highest BCUT2D eigenvalue weighted by atomic mass is 16.7. The topological polar surface area (TPSA) is 52.6 Å². The molecule has 112 valence electrons. The summed E-state index contributed by atoms with van der Waals surface area (Å²) in [6.45, 7) is 3.53. The molecule has 0 saturated carbocycles. The van der Waals surface area contributed by atoms with E-state index in [-0.39, 0.29) is 0 Å². The van der Waals surface area contributed by atoms with Crippen molar-refractivity contribution >= 4 is 11.9 Å². The summed E-state index contributed by atoms with van der Waals surface area (Å²) in [5.41, 5.74) is -0.689. The van der Waals surface area contributed by atoms with Gasteiger partial charge in [0.05, 0.1) is 0 Å². The lowest BCUT2D eigenvalue weighted by atomic mass is 9.74. The molecule has 1 saturated heterocycles. The molecule has 2 aromatic carbocycles. The van der Waals surface area contributed by atoms with Crippen molar-refractivity contribution in [2.24, 2.45) is 0 Å². The predicted octanol–water partition coefficient (Wildman–Crippen LogP) is 2.92. The summed E-state index contributed by atoms with van der Waals surface area (Å²) >= 11 is 0. The average Bonchev–Trinajstić information content (AvgIpc) is 2.55. The van der Waals surface area contributed by atoms with E-state index >= 15 is 0 Å². The van der Waals surface area contributed by atoms with E-state index in [1.807, 2.05) is 60.7 Å². The maximum atomic E-state index is 11.8. The van der Waals surface area contributed by atoms with Crippen LogP contribution in [-0.4, -0.2) is 11.9 Å². The summed E-state index contributed by atoms with van der Waals surface area (Å²) < 4.78 is 11.1. The van der Waals surface area contributed by atoms with E-state index in [0.29, 0.717) is 0 Å². The van der Waals surface area contributed by atoms with E-state index < -0.39 is 23.1 Å². The van der Waals surface area contributed by atoms with Crippen molar-refractivity contribution in [2.45, 2.75) is 25.0 Å². The number of rotatable bonds is 2. The van der Waals surface area contributed by atoms with Crippen LogP contribution in [0.5, 0.6) is 0 Å². The van der Waals surface area contributed by atoms with E-state index in [4.69, 9.17) is 9.47 Å².